The monoisotopic (exact) mass is 1800 g/mol. The van der Waals surface area contributed by atoms with Gasteiger partial charge in [0.25, 0.3) is 0 Å². The number of amides is 8. The van der Waals surface area contributed by atoms with E-state index in [1.165, 1.54) is 83.5 Å². The molecule has 3 atom stereocenters. The highest BCUT2D eigenvalue weighted by molar-refractivity contribution is 7.80. The number of ether oxygens (including phenoxy) is 2. The molecule has 0 radical (unpaired) electrons. The fourth-order valence-corrected chi connectivity index (χ4v) is 23.4. The number of aromatic amines is 1. The summed E-state index contributed by atoms with van der Waals surface area (Å²) in [5, 5.41) is 8.51. The van der Waals surface area contributed by atoms with Gasteiger partial charge in [0.15, 0.2) is 5.11 Å². The van der Waals surface area contributed by atoms with Gasteiger partial charge in [-0.05, 0) is 352 Å². The number of nitrogens with zero attached hydrogens (tertiary/aromatic N) is 8. The summed E-state index contributed by atoms with van der Waals surface area (Å²) in [6.45, 7) is 39.8. The number of rotatable bonds is 14. The number of benzene rings is 4. The molecule has 4 aliphatic heterocycles. The molecular weight excluding hydrogens is 1640 g/mol. The molecule has 20 nitrogen and oxygen atoms in total. The molecule has 0 saturated heterocycles. The van der Waals surface area contributed by atoms with E-state index < -0.39 is 11.2 Å². The number of fused-ring (bicyclic) bond motifs is 9. The van der Waals surface area contributed by atoms with E-state index in [1.807, 2.05) is 87.4 Å². The van der Waals surface area contributed by atoms with Crippen LogP contribution in [0.1, 0.15) is 284 Å². The Kier molecular flexibility index (Phi) is 31.9. The van der Waals surface area contributed by atoms with Crippen molar-refractivity contribution >= 4 is 86.8 Å². The molecule has 4 aromatic carbocycles. The van der Waals surface area contributed by atoms with Crippen molar-refractivity contribution in [3.05, 3.63) is 158 Å². The zero-order chi connectivity index (χ0) is 93.6. The first-order chi connectivity index (χ1) is 61.6. The Labute approximate surface area is 784 Å². The summed E-state index contributed by atoms with van der Waals surface area (Å²) in [6.07, 6.45) is 23.1. The van der Waals surface area contributed by atoms with Crippen molar-refractivity contribution in [3.8, 4) is 0 Å². The molecule has 4 fully saturated rings. The number of carbonyl (C=O) groups is 7. The van der Waals surface area contributed by atoms with E-state index in [0.717, 1.165) is 204 Å². The number of aromatic nitrogens is 1. The zero-order valence-corrected chi connectivity index (χ0v) is 83.5. The lowest BCUT2D eigenvalue weighted by Crippen LogP contribution is -2.50. The summed E-state index contributed by atoms with van der Waals surface area (Å²) in [5.74, 6) is 4.32. The fourth-order valence-electron chi connectivity index (χ4n) is 23.0. The first-order valence-corrected chi connectivity index (χ1v) is 50.1. The van der Waals surface area contributed by atoms with Crippen molar-refractivity contribution in [2.75, 3.05) is 80.5 Å². The molecule has 708 valence electrons. The van der Waals surface area contributed by atoms with E-state index in [1.54, 1.807) is 16.8 Å². The van der Waals surface area contributed by atoms with Crippen molar-refractivity contribution in [2.24, 2.45) is 53.3 Å². The van der Waals surface area contributed by atoms with Crippen molar-refractivity contribution < 1.29 is 43.0 Å². The predicted molar refractivity (Wildman–Crippen MR) is 528 cm³/mol. The molecule has 5 aromatic rings. The molecule has 5 heterocycles. The number of carbonyl (C=O) groups excluding carboxylic acids is 7. The third-order valence-corrected chi connectivity index (χ3v) is 29.9. The average Bonchev–Trinajstić information content (AvgIpc) is 1.57. The maximum Gasteiger partial charge on any atom is 0.410 e. The Morgan fingerprint density at radius 3 is 1.35 bits per heavy atom. The van der Waals surface area contributed by atoms with Gasteiger partial charge in [0, 0.05) is 156 Å². The van der Waals surface area contributed by atoms with Crippen LogP contribution < -0.4 is 10.6 Å². The van der Waals surface area contributed by atoms with Crippen LogP contribution in [0.15, 0.2) is 114 Å². The summed E-state index contributed by atoms with van der Waals surface area (Å²) < 4.78 is 10.9. The van der Waals surface area contributed by atoms with Gasteiger partial charge < -0.3 is 64.3 Å². The van der Waals surface area contributed by atoms with E-state index in [-0.39, 0.29) is 71.1 Å². The van der Waals surface area contributed by atoms with Crippen LogP contribution in [0.4, 0.5) is 14.4 Å². The topological polar surface area (TPSA) is 204 Å². The van der Waals surface area contributed by atoms with Gasteiger partial charge in [0.1, 0.15) is 11.2 Å². The molecule has 4 saturated carbocycles. The summed E-state index contributed by atoms with van der Waals surface area (Å²) in [4.78, 5) is 111. The number of thiocarbonyl (C=S) groups is 1. The maximum absolute atomic E-state index is 13.8. The average molecular weight is 1800 g/mol. The number of hydrogen-bond donors (Lipinski definition) is 3. The van der Waals surface area contributed by atoms with E-state index in [4.69, 9.17) is 21.7 Å². The summed E-state index contributed by atoms with van der Waals surface area (Å²) in [7, 11) is 7.58. The Morgan fingerprint density at radius 2 is 0.869 bits per heavy atom. The Balaban J connectivity index is 0.000000148. The van der Waals surface area contributed by atoms with Crippen molar-refractivity contribution in [1.29, 1.82) is 0 Å². The molecule has 7 aliphatic carbocycles. The molecule has 11 aliphatic rings. The van der Waals surface area contributed by atoms with Gasteiger partial charge in [-0.1, -0.05) is 112 Å². The van der Waals surface area contributed by atoms with Gasteiger partial charge >= 0.3 is 18.2 Å². The Bertz CT molecular complexity index is 4960. The highest BCUT2D eigenvalue weighted by Crippen LogP contribution is 2.48. The Hall–Kier alpha value is -8.98. The van der Waals surface area contributed by atoms with Crippen LogP contribution >= 0.6 is 12.2 Å². The molecular formula is C109H157N11O9S. The van der Waals surface area contributed by atoms with E-state index in [0.29, 0.717) is 72.9 Å². The van der Waals surface area contributed by atoms with E-state index >= 15 is 0 Å². The largest absolute Gasteiger partial charge is 0.444 e. The minimum absolute atomic E-state index is 0.0126. The van der Waals surface area contributed by atoms with Gasteiger partial charge in [0.2, 0.25) is 23.6 Å². The SMILES string of the molecule is CC(C)C1C2=C(CCN1C(=O)C1CCC(CN(C)C(=S)NC(C)(C)C)CC1)c1ccccc1C2.CCC1C2=C(CCN1C(=O)C1CCC(CN(C)C(=O)NC(C)(C)C)CC1)c1ccccc1C2.CN(CC1CCC(C(=O)N2CCc3[nH]c4ccccc4c3C2)CC1)C(=O)OC(C)(C)C.C[C@@H]1CC2=C(Cc3ccccc32)CN1C(=O)C1CCC(CN(C)C(=O)OC(C)(C)C)CC1. The highest BCUT2D eigenvalue weighted by Gasteiger charge is 2.45. The minimum Gasteiger partial charge on any atom is -0.444 e. The predicted octanol–water partition coefficient (Wildman–Crippen LogP) is 20.9. The van der Waals surface area contributed by atoms with Crippen molar-refractivity contribution in [2.45, 2.75) is 312 Å². The van der Waals surface area contributed by atoms with Gasteiger partial charge in [-0.15, -0.1) is 0 Å². The molecule has 130 heavy (non-hydrogen) atoms. The maximum atomic E-state index is 13.8. The molecule has 0 bridgehead atoms. The van der Waals surface area contributed by atoms with Gasteiger partial charge in [0.05, 0.1) is 12.1 Å². The number of H-pyrrole nitrogens is 1. The van der Waals surface area contributed by atoms with Crippen LogP contribution in [0.25, 0.3) is 27.6 Å². The van der Waals surface area contributed by atoms with E-state index in [2.05, 4.69) is 187 Å². The number of hydrogen-bond acceptors (Lipinski definition) is 10. The number of urea groups is 1. The van der Waals surface area contributed by atoms with Crippen LogP contribution in [0, 0.1) is 53.3 Å². The first kappa shape index (κ1) is 98.5. The van der Waals surface area contributed by atoms with Gasteiger partial charge in [-0.25, -0.2) is 14.4 Å². The first-order valence-electron chi connectivity index (χ1n) is 49.7. The molecule has 2 unspecified atom stereocenters. The molecule has 16 rings (SSSR count). The second-order valence-electron chi connectivity index (χ2n) is 44.6. The molecule has 8 amide bonds. The third kappa shape index (κ3) is 24.5. The molecule has 21 heteroatoms. The molecule has 3 N–H and O–H groups in total. The molecule has 1 aromatic heterocycles. The second kappa shape index (κ2) is 42.1. The number of nitrogens with one attached hydrogen (secondary N) is 3. The normalized spacial score (nSPS) is 24.1. The smallest absolute Gasteiger partial charge is 0.410 e. The van der Waals surface area contributed by atoms with Crippen molar-refractivity contribution in [1.82, 2.24) is 54.8 Å². The van der Waals surface area contributed by atoms with Crippen LogP contribution in [-0.4, -0.2) is 212 Å². The molecule has 0 spiro atoms. The Morgan fingerprint density at radius 1 is 0.462 bits per heavy atom. The lowest BCUT2D eigenvalue weighted by atomic mass is 9.79. The summed E-state index contributed by atoms with van der Waals surface area (Å²) >= 11 is 5.59. The fraction of sp³-hybridized carbons (Fsp3) is 0.633. The third-order valence-electron chi connectivity index (χ3n) is 29.5. The van der Waals surface area contributed by atoms with Crippen molar-refractivity contribution in [3.63, 3.8) is 0 Å². The summed E-state index contributed by atoms with van der Waals surface area (Å²) in [6, 6.07) is 35.4. The number of para-hydroxylation sites is 1. The van der Waals surface area contributed by atoms with Gasteiger partial charge in [-0.2, -0.15) is 0 Å². The van der Waals surface area contributed by atoms with Crippen LogP contribution in [-0.2, 0) is 60.9 Å². The lowest BCUT2D eigenvalue weighted by molar-refractivity contribution is -0.140. The van der Waals surface area contributed by atoms with Crippen LogP contribution in [0.5, 0.6) is 0 Å². The standard InChI is InChI=1S/C29H43N3OS.C28H41N3O2.C27H38N2O3.C25H35N3O3/c1-19(2)26-25-17-22-9-7-8-10-23(22)24(25)15-16-32(26)27(33)21-13-11-20(12-14-21)18-31(6)28(34)30-29(3,4)5;1-6-25-24-17-21-9-7-8-10-22(21)23(24)15-16-31(25)26(32)20-13-11-19(12-14-20)18-30(5)27(33)29-28(2,3)4;1-18-14-24-22(15-21-8-6-7-9-23(21)24)17-29(18)25(30)20-12-10-19(11-13-20)16-28(5)26(31)32-27(2,3)4;1-25(2,3)31-24(30)27(4)15-17-9-11-18(12-10-17)23(29)28-14-13-22-20(16-28)19-7-5-6-8-21(19)26-22/h7-10,19-21,26H,11-18H2,1-6H3,(H,30,34);7-10,19-20,25H,6,11-18H2,1-5H3,(H,29,33);6-9,18-20H,10-17H2,1-5H3;5-8,17-18,26H,9-16H2,1-4H3/t;;18-,19?,20?;/m..1./s1. The quantitative estimate of drug-likeness (QED) is 0.0889. The van der Waals surface area contributed by atoms with Gasteiger partial charge in [-0.3, -0.25) is 19.2 Å². The minimum atomic E-state index is -0.478. The lowest BCUT2D eigenvalue weighted by Gasteiger charge is -2.42. The second-order valence-corrected chi connectivity index (χ2v) is 45.0. The van der Waals surface area contributed by atoms with E-state index in [9.17, 15) is 33.6 Å². The summed E-state index contributed by atoms with van der Waals surface area (Å²) in [5.41, 5.74) is 20.0. The van der Waals surface area contributed by atoms with Crippen LogP contribution in [0.3, 0.4) is 0 Å². The highest BCUT2D eigenvalue weighted by atomic mass is 32.1. The zero-order valence-electron chi connectivity index (χ0n) is 82.7. The van der Waals surface area contributed by atoms with Crippen LogP contribution in [0.2, 0.25) is 0 Å².